The fraction of sp³-hybridized carbons (Fsp3) is 0.214. The van der Waals surface area contributed by atoms with Gasteiger partial charge in [-0.15, -0.1) is 0 Å². The summed E-state index contributed by atoms with van der Waals surface area (Å²) in [7, 11) is 1.25. The Hall–Kier alpha value is -2.19. The minimum absolute atomic E-state index is 0.0294. The molecule has 0 spiro atoms. The summed E-state index contributed by atoms with van der Waals surface area (Å²) in [6.45, 7) is -0.398. The molecule has 0 saturated heterocycles. The van der Waals surface area contributed by atoms with E-state index in [1.807, 2.05) is 0 Å². The molecule has 1 aliphatic heterocycles. The lowest BCUT2D eigenvalue weighted by molar-refractivity contribution is -0.137. The van der Waals surface area contributed by atoms with Crippen LogP contribution in [-0.2, 0) is 14.3 Å². The highest BCUT2D eigenvalue weighted by molar-refractivity contribution is 9.10. The van der Waals surface area contributed by atoms with Gasteiger partial charge in [-0.1, -0.05) is 15.9 Å². The zero-order valence-corrected chi connectivity index (χ0v) is 13.2. The fourth-order valence-corrected chi connectivity index (χ4v) is 2.32. The van der Waals surface area contributed by atoms with E-state index in [0.29, 0.717) is 10.2 Å². The van der Waals surface area contributed by atoms with E-state index in [1.165, 1.54) is 13.2 Å². The maximum absolute atomic E-state index is 12.1. The van der Waals surface area contributed by atoms with Gasteiger partial charge in [-0.25, -0.2) is 4.79 Å². The van der Waals surface area contributed by atoms with Crippen LogP contribution in [-0.4, -0.2) is 48.1 Å². The highest BCUT2D eigenvalue weighted by Gasteiger charge is 2.31. The van der Waals surface area contributed by atoms with Gasteiger partial charge in [-0.3, -0.25) is 14.5 Å². The SMILES string of the molecule is COC(=O)c1ccc(Br)cc1NC1=CC(=O)N(CCO)C1=O. The Bertz CT molecular complexity index is 671. The predicted octanol–water partition coefficient (Wildman–Crippen LogP) is 0.893. The number of aliphatic hydroxyl groups is 1. The first-order chi connectivity index (χ1) is 10.5. The van der Waals surface area contributed by atoms with Crippen LogP contribution in [0.2, 0.25) is 0 Å². The van der Waals surface area contributed by atoms with Crippen LogP contribution in [0.4, 0.5) is 5.69 Å². The lowest BCUT2D eigenvalue weighted by Gasteiger charge is -2.14. The van der Waals surface area contributed by atoms with Gasteiger partial charge in [0.15, 0.2) is 0 Å². The Labute approximate surface area is 134 Å². The number of halogens is 1. The van der Waals surface area contributed by atoms with E-state index in [2.05, 4.69) is 26.0 Å². The number of hydrogen-bond acceptors (Lipinski definition) is 6. The van der Waals surface area contributed by atoms with Gasteiger partial charge >= 0.3 is 5.97 Å². The van der Waals surface area contributed by atoms with Gasteiger partial charge in [-0.05, 0) is 18.2 Å². The summed E-state index contributed by atoms with van der Waals surface area (Å²) in [5.41, 5.74) is 0.591. The number of imide groups is 1. The molecule has 0 atom stereocenters. The van der Waals surface area contributed by atoms with E-state index in [-0.39, 0.29) is 24.4 Å². The smallest absolute Gasteiger partial charge is 0.339 e. The molecule has 0 unspecified atom stereocenters. The molecule has 1 heterocycles. The van der Waals surface area contributed by atoms with Crippen molar-refractivity contribution in [2.75, 3.05) is 25.6 Å². The minimum Gasteiger partial charge on any atom is -0.465 e. The Balaban J connectivity index is 2.30. The number of methoxy groups -OCH3 is 1. The first-order valence-corrected chi connectivity index (χ1v) is 7.10. The van der Waals surface area contributed by atoms with Crippen molar-refractivity contribution in [3.8, 4) is 0 Å². The van der Waals surface area contributed by atoms with Gasteiger partial charge in [0, 0.05) is 10.5 Å². The van der Waals surface area contributed by atoms with E-state index in [4.69, 9.17) is 5.11 Å². The Morgan fingerprint density at radius 1 is 1.41 bits per heavy atom. The zero-order chi connectivity index (χ0) is 16.3. The number of nitrogens with one attached hydrogen (secondary N) is 1. The number of carbonyl (C=O) groups is 3. The molecule has 2 N–H and O–H groups in total. The molecule has 2 amide bonds. The van der Waals surface area contributed by atoms with Crippen molar-refractivity contribution in [2.45, 2.75) is 0 Å². The van der Waals surface area contributed by atoms with Crippen molar-refractivity contribution >= 4 is 39.4 Å². The molecule has 7 nitrogen and oxygen atoms in total. The molecule has 0 saturated carbocycles. The van der Waals surface area contributed by atoms with Crippen LogP contribution in [0.25, 0.3) is 0 Å². The van der Waals surface area contributed by atoms with Crippen molar-refractivity contribution < 1.29 is 24.2 Å². The van der Waals surface area contributed by atoms with E-state index in [1.54, 1.807) is 12.1 Å². The van der Waals surface area contributed by atoms with E-state index in [9.17, 15) is 14.4 Å². The maximum atomic E-state index is 12.1. The molecule has 1 aliphatic rings. The third-order valence-corrected chi connectivity index (χ3v) is 3.48. The lowest BCUT2D eigenvalue weighted by Crippen LogP contribution is -2.34. The minimum atomic E-state index is -0.570. The van der Waals surface area contributed by atoms with Crippen LogP contribution in [0, 0.1) is 0 Å². The van der Waals surface area contributed by atoms with E-state index in [0.717, 1.165) is 11.0 Å². The standard InChI is InChI=1S/C14H13BrN2O5/c1-22-14(21)9-3-2-8(15)6-10(9)16-11-7-12(19)17(4-5-18)13(11)20/h2-3,6-7,16,18H,4-5H2,1H3. The molecule has 1 aromatic carbocycles. The normalized spacial score (nSPS) is 14.1. The highest BCUT2D eigenvalue weighted by Crippen LogP contribution is 2.25. The second-order valence-electron chi connectivity index (χ2n) is 4.38. The zero-order valence-electron chi connectivity index (χ0n) is 11.6. The van der Waals surface area contributed by atoms with Gasteiger partial charge in [-0.2, -0.15) is 0 Å². The Kier molecular flexibility index (Phi) is 4.94. The molecular weight excluding hydrogens is 356 g/mol. The lowest BCUT2D eigenvalue weighted by atomic mass is 10.1. The highest BCUT2D eigenvalue weighted by atomic mass is 79.9. The Morgan fingerprint density at radius 3 is 2.77 bits per heavy atom. The van der Waals surface area contributed by atoms with Crippen LogP contribution >= 0.6 is 15.9 Å². The number of β-amino-alcohol motifs (C(OH)–C–C–N with tert-alkyl or cyclic N) is 1. The molecule has 0 radical (unpaired) electrons. The number of esters is 1. The number of hydrogen-bond donors (Lipinski definition) is 2. The fourth-order valence-electron chi connectivity index (χ4n) is 1.96. The summed E-state index contributed by atoms with van der Waals surface area (Å²) >= 11 is 3.27. The van der Waals surface area contributed by atoms with E-state index >= 15 is 0 Å². The second kappa shape index (κ2) is 6.71. The van der Waals surface area contributed by atoms with Gasteiger partial charge in [0.2, 0.25) is 0 Å². The molecule has 22 heavy (non-hydrogen) atoms. The summed E-state index contributed by atoms with van der Waals surface area (Å²) in [5.74, 6) is -1.65. The summed E-state index contributed by atoms with van der Waals surface area (Å²) in [5, 5.41) is 11.6. The monoisotopic (exact) mass is 368 g/mol. The number of carbonyl (C=O) groups excluding carboxylic acids is 3. The van der Waals surface area contributed by atoms with Crippen molar-refractivity contribution in [3.05, 3.63) is 40.0 Å². The van der Waals surface area contributed by atoms with E-state index < -0.39 is 17.8 Å². The molecule has 0 aliphatic carbocycles. The number of amides is 2. The summed E-state index contributed by atoms with van der Waals surface area (Å²) in [6, 6.07) is 4.79. The van der Waals surface area contributed by atoms with Gasteiger partial charge < -0.3 is 15.2 Å². The third-order valence-electron chi connectivity index (χ3n) is 2.99. The summed E-state index contributed by atoms with van der Waals surface area (Å²) in [6.07, 6.45) is 1.12. The number of rotatable bonds is 5. The van der Waals surface area contributed by atoms with Crippen molar-refractivity contribution in [2.24, 2.45) is 0 Å². The molecule has 0 fully saturated rings. The number of benzene rings is 1. The van der Waals surface area contributed by atoms with Crippen LogP contribution in [0.1, 0.15) is 10.4 Å². The summed E-state index contributed by atoms with van der Waals surface area (Å²) in [4.78, 5) is 36.4. The summed E-state index contributed by atoms with van der Waals surface area (Å²) < 4.78 is 5.37. The number of aliphatic hydroxyl groups excluding tert-OH is 1. The molecule has 1 aromatic rings. The van der Waals surface area contributed by atoms with Crippen LogP contribution < -0.4 is 5.32 Å². The number of nitrogens with zero attached hydrogens (tertiary/aromatic N) is 1. The van der Waals surface area contributed by atoms with Gasteiger partial charge in [0.25, 0.3) is 11.8 Å². The predicted molar refractivity (Wildman–Crippen MR) is 81.0 cm³/mol. The molecular formula is C14H13BrN2O5. The molecule has 2 rings (SSSR count). The first kappa shape index (κ1) is 16.2. The average Bonchev–Trinajstić information content (AvgIpc) is 2.75. The number of anilines is 1. The molecule has 8 heteroatoms. The third kappa shape index (κ3) is 3.18. The van der Waals surface area contributed by atoms with Gasteiger partial charge in [0.05, 0.1) is 31.5 Å². The first-order valence-electron chi connectivity index (χ1n) is 6.31. The largest absolute Gasteiger partial charge is 0.465 e. The van der Waals surface area contributed by atoms with Crippen LogP contribution in [0.15, 0.2) is 34.4 Å². The topological polar surface area (TPSA) is 95.9 Å². The quantitative estimate of drug-likeness (QED) is 0.591. The van der Waals surface area contributed by atoms with Crippen molar-refractivity contribution in [3.63, 3.8) is 0 Å². The van der Waals surface area contributed by atoms with Crippen LogP contribution in [0.3, 0.4) is 0 Å². The van der Waals surface area contributed by atoms with Gasteiger partial charge in [0.1, 0.15) is 5.70 Å². The van der Waals surface area contributed by atoms with Crippen LogP contribution in [0.5, 0.6) is 0 Å². The molecule has 0 aromatic heterocycles. The van der Waals surface area contributed by atoms with Crippen molar-refractivity contribution in [1.29, 1.82) is 0 Å². The second-order valence-corrected chi connectivity index (χ2v) is 5.30. The maximum Gasteiger partial charge on any atom is 0.339 e. The Morgan fingerprint density at radius 2 is 2.14 bits per heavy atom. The number of ether oxygens (including phenoxy) is 1. The average molecular weight is 369 g/mol. The molecule has 0 bridgehead atoms. The van der Waals surface area contributed by atoms with Crippen molar-refractivity contribution in [1.82, 2.24) is 4.90 Å². The molecule has 116 valence electrons.